The molecule has 1 aromatic rings. The SMILES string of the molecule is N#CCOc1cccc(NC(=O)CN2CCNCC2)c1. The number of hydrogen-bond acceptors (Lipinski definition) is 5. The molecule has 0 aromatic heterocycles. The molecule has 6 nitrogen and oxygen atoms in total. The zero-order valence-corrected chi connectivity index (χ0v) is 11.3. The Bertz CT molecular complexity index is 492. The van der Waals surface area contributed by atoms with Gasteiger partial charge in [0.15, 0.2) is 6.61 Å². The van der Waals surface area contributed by atoms with Gasteiger partial charge in [-0.2, -0.15) is 5.26 Å². The van der Waals surface area contributed by atoms with Crippen molar-refractivity contribution in [1.82, 2.24) is 10.2 Å². The van der Waals surface area contributed by atoms with E-state index in [0.29, 0.717) is 18.0 Å². The molecule has 0 spiro atoms. The van der Waals surface area contributed by atoms with E-state index >= 15 is 0 Å². The number of carbonyl (C=O) groups excluding carboxylic acids is 1. The Hall–Kier alpha value is -2.10. The second kappa shape index (κ2) is 7.48. The maximum absolute atomic E-state index is 11.9. The molecule has 1 amide bonds. The standard InChI is InChI=1S/C14H18N4O2/c15-4-9-20-13-3-1-2-12(10-13)17-14(19)11-18-7-5-16-6-8-18/h1-3,10,16H,5-9,11H2,(H,17,19). The van der Waals surface area contributed by atoms with Gasteiger partial charge in [0.2, 0.25) is 5.91 Å². The monoisotopic (exact) mass is 274 g/mol. The molecule has 0 atom stereocenters. The van der Waals surface area contributed by atoms with Gasteiger partial charge in [-0.15, -0.1) is 0 Å². The number of rotatable bonds is 5. The third kappa shape index (κ3) is 4.53. The highest BCUT2D eigenvalue weighted by molar-refractivity contribution is 5.92. The predicted molar refractivity (Wildman–Crippen MR) is 75.5 cm³/mol. The number of benzene rings is 1. The second-order valence-electron chi connectivity index (χ2n) is 4.55. The summed E-state index contributed by atoms with van der Waals surface area (Å²) in [5, 5.41) is 14.6. The molecular formula is C14H18N4O2. The molecule has 1 saturated heterocycles. The highest BCUT2D eigenvalue weighted by Gasteiger charge is 2.13. The normalized spacial score (nSPS) is 15.3. The predicted octanol–water partition coefficient (Wildman–Crippen LogP) is 0.433. The van der Waals surface area contributed by atoms with E-state index in [2.05, 4.69) is 15.5 Å². The molecule has 1 aromatic carbocycles. The first kappa shape index (κ1) is 14.3. The van der Waals surface area contributed by atoms with Crippen LogP contribution in [0, 0.1) is 11.3 Å². The van der Waals surface area contributed by atoms with E-state index in [1.807, 2.05) is 6.07 Å². The van der Waals surface area contributed by atoms with Crippen molar-refractivity contribution in [2.24, 2.45) is 0 Å². The molecule has 0 aliphatic carbocycles. The Balaban J connectivity index is 1.85. The molecule has 0 bridgehead atoms. The summed E-state index contributed by atoms with van der Waals surface area (Å²) in [7, 11) is 0. The topological polar surface area (TPSA) is 77.4 Å². The van der Waals surface area contributed by atoms with Crippen molar-refractivity contribution < 1.29 is 9.53 Å². The number of amides is 1. The summed E-state index contributed by atoms with van der Waals surface area (Å²) >= 11 is 0. The van der Waals surface area contributed by atoms with Crippen LogP contribution in [-0.4, -0.2) is 50.1 Å². The van der Waals surface area contributed by atoms with Crippen LogP contribution in [0.25, 0.3) is 0 Å². The first-order valence-corrected chi connectivity index (χ1v) is 6.60. The Morgan fingerprint density at radius 3 is 3.00 bits per heavy atom. The van der Waals surface area contributed by atoms with Crippen LogP contribution in [0.15, 0.2) is 24.3 Å². The van der Waals surface area contributed by atoms with Crippen molar-refractivity contribution in [3.05, 3.63) is 24.3 Å². The number of piperazine rings is 1. The molecule has 0 saturated carbocycles. The van der Waals surface area contributed by atoms with Gasteiger partial charge in [0.1, 0.15) is 11.8 Å². The van der Waals surface area contributed by atoms with Crippen LogP contribution in [0.2, 0.25) is 0 Å². The van der Waals surface area contributed by atoms with E-state index in [9.17, 15) is 4.79 Å². The lowest BCUT2D eigenvalue weighted by Crippen LogP contribution is -2.46. The number of ether oxygens (including phenoxy) is 1. The Kier molecular flexibility index (Phi) is 5.35. The Morgan fingerprint density at radius 1 is 1.45 bits per heavy atom. The largest absolute Gasteiger partial charge is 0.479 e. The summed E-state index contributed by atoms with van der Waals surface area (Å²) in [6.45, 7) is 4.01. The number of anilines is 1. The average molecular weight is 274 g/mol. The van der Waals surface area contributed by atoms with Crippen LogP contribution < -0.4 is 15.4 Å². The molecule has 1 fully saturated rings. The van der Waals surface area contributed by atoms with Gasteiger partial charge in [0.05, 0.1) is 6.54 Å². The summed E-state index contributed by atoms with van der Waals surface area (Å²) in [6.07, 6.45) is 0. The van der Waals surface area contributed by atoms with E-state index in [-0.39, 0.29) is 12.5 Å². The third-order valence-electron chi connectivity index (χ3n) is 3.00. The molecule has 106 valence electrons. The van der Waals surface area contributed by atoms with Gasteiger partial charge in [-0.3, -0.25) is 9.69 Å². The lowest BCUT2D eigenvalue weighted by molar-refractivity contribution is -0.117. The molecule has 20 heavy (non-hydrogen) atoms. The van der Waals surface area contributed by atoms with Gasteiger partial charge in [-0.25, -0.2) is 0 Å². The minimum atomic E-state index is -0.0377. The molecule has 1 heterocycles. The fourth-order valence-electron chi connectivity index (χ4n) is 2.05. The molecule has 0 radical (unpaired) electrons. The number of nitriles is 1. The van der Waals surface area contributed by atoms with Crippen molar-refractivity contribution >= 4 is 11.6 Å². The third-order valence-corrected chi connectivity index (χ3v) is 3.00. The van der Waals surface area contributed by atoms with Crippen LogP contribution in [0.3, 0.4) is 0 Å². The Labute approximate surface area is 118 Å². The number of nitrogens with one attached hydrogen (secondary N) is 2. The summed E-state index contributed by atoms with van der Waals surface area (Å²) in [4.78, 5) is 14.1. The van der Waals surface area contributed by atoms with Gasteiger partial charge in [0.25, 0.3) is 0 Å². The molecule has 1 aliphatic rings. The van der Waals surface area contributed by atoms with Crippen LogP contribution in [-0.2, 0) is 4.79 Å². The zero-order chi connectivity index (χ0) is 14.2. The van der Waals surface area contributed by atoms with Crippen molar-refractivity contribution in [1.29, 1.82) is 5.26 Å². The van der Waals surface area contributed by atoms with Crippen molar-refractivity contribution in [3.63, 3.8) is 0 Å². The Morgan fingerprint density at radius 2 is 2.25 bits per heavy atom. The van der Waals surface area contributed by atoms with Gasteiger partial charge in [-0.1, -0.05) is 6.07 Å². The zero-order valence-electron chi connectivity index (χ0n) is 11.3. The van der Waals surface area contributed by atoms with Crippen molar-refractivity contribution in [2.75, 3.05) is 44.6 Å². The van der Waals surface area contributed by atoms with E-state index in [1.165, 1.54) is 0 Å². The average Bonchev–Trinajstić information content (AvgIpc) is 2.46. The first-order valence-electron chi connectivity index (χ1n) is 6.60. The molecule has 2 rings (SSSR count). The van der Waals surface area contributed by atoms with Crippen LogP contribution >= 0.6 is 0 Å². The number of hydrogen-bond donors (Lipinski definition) is 2. The smallest absolute Gasteiger partial charge is 0.238 e. The van der Waals surface area contributed by atoms with Crippen molar-refractivity contribution in [2.45, 2.75) is 0 Å². The van der Waals surface area contributed by atoms with E-state index in [4.69, 9.17) is 10.00 Å². The lowest BCUT2D eigenvalue weighted by Gasteiger charge is -2.26. The molecule has 0 unspecified atom stereocenters. The number of nitrogens with zero attached hydrogens (tertiary/aromatic N) is 2. The summed E-state index contributed by atoms with van der Waals surface area (Å²) in [5.41, 5.74) is 0.681. The van der Waals surface area contributed by atoms with Gasteiger partial charge >= 0.3 is 0 Å². The van der Waals surface area contributed by atoms with Crippen LogP contribution in [0.1, 0.15) is 0 Å². The summed E-state index contributed by atoms with van der Waals surface area (Å²) < 4.78 is 5.20. The maximum atomic E-state index is 11.9. The molecule has 2 N–H and O–H groups in total. The fraction of sp³-hybridized carbons (Fsp3) is 0.429. The van der Waals surface area contributed by atoms with E-state index in [0.717, 1.165) is 26.2 Å². The first-order chi connectivity index (χ1) is 9.78. The van der Waals surface area contributed by atoms with Crippen LogP contribution in [0.4, 0.5) is 5.69 Å². The minimum absolute atomic E-state index is 0.00181. The van der Waals surface area contributed by atoms with Gasteiger partial charge in [-0.05, 0) is 12.1 Å². The molecular weight excluding hydrogens is 256 g/mol. The minimum Gasteiger partial charge on any atom is -0.479 e. The second-order valence-corrected chi connectivity index (χ2v) is 4.55. The van der Waals surface area contributed by atoms with E-state index in [1.54, 1.807) is 24.3 Å². The van der Waals surface area contributed by atoms with Gasteiger partial charge < -0.3 is 15.4 Å². The summed E-state index contributed by atoms with van der Waals surface area (Å²) in [6, 6.07) is 8.96. The van der Waals surface area contributed by atoms with Crippen LogP contribution in [0.5, 0.6) is 5.75 Å². The number of carbonyl (C=O) groups is 1. The summed E-state index contributed by atoms with van der Waals surface area (Å²) in [5.74, 6) is 0.538. The highest BCUT2D eigenvalue weighted by atomic mass is 16.5. The van der Waals surface area contributed by atoms with E-state index < -0.39 is 0 Å². The highest BCUT2D eigenvalue weighted by Crippen LogP contribution is 2.17. The maximum Gasteiger partial charge on any atom is 0.238 e. The molecule has 6 heteroatoms. The quantitative estimate of drug-likeness (QED) is 0.814. The van der Waals surface area contributed by atoms with Gasteiger partial charge in [0, 0.05) is 37.9 Å². The molecule has 1 aliphatic heterocycles. The lowest BCUT2D eigenvalue weighted by atomic mass is 10.3. The van der Waals surface area contributed by atoms with Crippen molar-refractivity contribution in [3.8, 4) is 11.8 Å². The fourth-order valence-corrected chi connectivity index (χ4v) is 2.05.